The van der Waals surface area contributed by atoms with Gasteiger partial charge in [-0.2, -0.15) is 0 Å². The minimum Gasteiger partial charge on any atom is -0.355 e. The highest BCUT2D eigenvalue weighted by Crippen LogP contribution is 2.30. The van der Waals surface area contributed by atoms with Crippen molar-refractivity contribution in [3.63, 3.8) is 0 Å². The van der Waals surface area contributed by atoms with Gasteiger partial charge in [0.25, 0.3) is 0 Å². The first-order chi connectivity index (χ1) is 9.19. The van der Waals surface area contributed by atoms with Crippen molar-refractivity contribution in [1.29, 1.82) is 0 Å². The third-order valence-corrected chi connectivity index (χ3v) is 4.77. The minimum atomic E-state index is 0.170. The fourth-order valence-corrected chi connectivity index (χ4v) is 3.66. The number of nitrogens with zero attached hydrogens (tertiary/aromatic N) is 3. The predicted molar refractivity (Wildman–Crippen MR) is 81.0 cm³/mol. The van der Waals surface area contributed by atoms with E-state index in [4.69, 9.17) is 10.7 Å². The second-order valence-electron chi connectivity index (χ2n) is 5.63. The van der Waals surface area contributed by atoms with Crippen LogP contribution in [-0.2, 0) is 6.42 Å². The molecule has 3 heterocycles. The van der Waals surface area contributed by atoms with Gasteiger partial charge >= 0.3 is 0 Å². The highest BCUT2D eigenvalue weighted by molar-refractivity contribution is 7.15. The van der Waals surface area contributed by atoms with Gasteiger partial charge in [0.15, 0.2) is 10.8 Å². The van der Waals surface area contributed by atoms with Crippen LogP contribution in [0.1, 0.15) is 32.4 Å². The molecule has 0 aliphatic carbocycles. The van der Waals surface area contributed by atoms with Crippen molar-refractivity contribution in [3.05, 3.63) is 17.3 Å². The van der Waals surface area contributed by atoms with Crippen LogP contribution < -0.4 is 10.6 Å². The first-order valence-electron chi connectivity index (χ1n) is 7.14. The number of imidazole rings is 1. The maximum absolute atomic E-state index is 6.01. The Kier molecular flexibility index (Phi) is 3.50. The molecule has 0 amide bonds. The van der Waals surface area contributed by atoms with Gasteiger partial charge in [0.05, 0.1) is 5.69 Å². The van der Waals surface area contributed by atoms with Crippen molar-refractivity contribution in [2.75, 3.05) is 18.0 Å². The van der Waals surface area contributed by atoms with Crippen LogP contribution in [0.5, 0.6) is 0 Å². The number of rotatable bonds is 4. The van der Waals surface area contributed by atoms with Crippen molar-refractivity contribution >= 4 is 22.1 Å². The van der Waals surface area contributed by atoms with Crippen molar-refractivity contribution in [2.45, 2.75) is 39.2 Å². The van der Waals surface area contributed by atoms with Crippen LogP contribution in [0.2, 0.25) is 0 Å². The lowest BCUT2D eigenvalue weighted by atomic mass is 10.1. The average molecular weight is 278 g/mol. The Morgan fingerprint density at radius 3 is 3.11 bits per heavy atom. The van der Waals surface area contributed by atoms with Crippen LogP contribution in [0, 0.1) is 5.92 Å². The summed E-state index contributed by atoms with van der Waals surface area (Å²) in [4.78, 5) is 8.37. The van der Waals surface area contributed by atoms with Crippen LogP contribution in [0.25, 0.3) is 4.96 Å². The van der Waals surface area contributed by atoms with Gasteiger partial charge in [0, 0.05) is 37.1 Å². The van der Waals surface area contributed by atoms with E-state index in [1.807, 2.05) is 0 Å². The molecule has 0 radical (unpaired) electrons. The van der Waals surface area contributed by atoms with E-state index in [2.05, 4.69) is 34.7 Å². The Hall–Kier alpha value is -1.07. The molecule has 4 nitrogen and oxygen atoms in total. The summed E-state index contributed by atoms with van der Waals surface area (Å²) in [6.45, 7) is 6.62. The van der Waals surface area contributed by atoms with Gasteiger partial charge in [-0.15, -0.1) is 11.3 Å². The highest BCUT2D eigenvalue weighted by atomic mass is 32.1. The molecule has 19 heavy (non-hydrogen) atoms. The smallest absolute Gasteiger partial charge is 0.195 e. The van der Waals surface area contributed by atoms with E-state index >= 15 is 0 Å². The Labute approximate surface area is 118 Å². The molecule has 2 atom stereocenters. The number of nitrogens with two attached hydrogens (primary N) is 1. The van der Waals surface area contributed by atoms with E-state index < -0.39 is 0 Å². The van der Waals surface area contributed by atoms with Crippen molar-refractivity contribution < 1.29 is 0 Å². The molecule has 1 aliphatic rings. The van der Waals surface area contributed by atoms with E-state index in [1.165, 1.54) is 24.4 Å². The van der Waals surface area contributed by atoms with Gasteiger partial charge in [0.1, 0.15) is 0 Å². The molecule has 1 saturated heterocycles. The fraction of sp³-hybridized carbons (Fsp3) is 0.643. The highest BCUT2D eigenvalue weighted by Gasteiger charge is 2.26. The summed E-state index contributed by atoms with van der Waals surface area (Å²) in [7, 11) is 0. The Balaban J connectivity index is 1.95. The molecular weight excluding hydrogens is 256 g/mol. The van der Waals surface area contributed by atoms with Gasteiger partial charge in [-0.05, 0) is 19.3 Å². The molecule has 2 unspecified atom stereocenters. The van der Waals surface area contributed by atoms with E-state index in [-0.39, 0.29) is 6.04 Å². The zero-order valence-electron chi connectivity index (χ0n) is 11.7. The summed E-state index contributed by atoms with van der Waals surface area (Å²) in [6.07, 6.45) is 5.56. The van der Waals surface area contributed by atoms with Crippen molar-refractivity contribution in [1.82, 2.24) is 9.38 Å². The molecule has 1 fully saturated rings. The summed E-state index contributed by atoms with van der Waals surface area (Å²) >= 11 is 1.70. The van der Waals surface area contributed by atoms with Crippen LogP contribution in [0.4, 0.5) is 5.82 Å². The van der Waals surface area contributed by atoms with Gasteiger partial charge in [0.2, 0.25) is 0 Å². The maximum atomic E-state index is 6.01. The van der Waals surface area contributed by atoms with E-state index in [0.717, 1.165) is 30.4 Å². The molecule has 1 aliphatic heterocycles. The molecule has 0 spiro atoms. The predicted octanol–water partition coefficient (Wildman–Crippen LogP) is 2.52. The lowest BCUT2D eigenvalue weighted by Crippen LogP contribution is -2.24. The minimum absolute atomic E-state index is 0.170. The number of hydrogen-bond donors (Lipinski definition) is 1. The van der Waals surface area contributed by atoms with E-state index in [9.17, 15) is 0 Å². The number of hydrogen-bond acceptors (Lipinski definition) is 4. The molecule has 0 saturated carbocycles. The Morgan fingerprint density at radius 2 is 2.42 bits per heavy atom. The third kappa shape index (κ3) is 2.37. The number of fused-ring (bicyclic) bond motifs is 1. The zero-order chi connectivity index (χ0) is 13.4. The molecule has 0 aromatic carbocycles. The largest absolute Gasteiger partial charge is 0.355 e. The summed E-state index contributed by atoms with van der Waals surface area (Å²) < 4.78 is 2.21. The molecule has 2 aromatic rings. The van der Waals surface area contributed by atoms with E-state index in [1.54, 1.807) is 11.3 Å². The molecular formula is C14H22N4S. The SMILES string of the molecule is CCC1CCN(c2nc3sccn3c2CC(C)N)C1. The van der Waals surface area contributed by atoms with Gasteiger partial charge < -0.3 is 10.6 Å². The lowest BCUT2D eigenvalue weighted by molar-refractivity contribution is 0.568. The lowest BCUT2D eigenvalue weighted by Gasteiger charge is -2.18. The van der Waals surface area contributed by atoms with Crippen molar-refractivity contribution in [3.8, 4) is 0 Å². The Bertz CT molecular complexity index is 557. The topological polar surface area (TPSA) is 46.6 Å². The fourth-order valence-electron chi connectivity index (χ4n) is 2.93. The quantitative estimate of drug-likeness (QED) is 0.935. The summed E-state index contributed by atoms with van der Waals surface area (Å²) in [6, 6.07) is 0.170. The van der Waals surface area contributed by atoms with Gasteiger partial charge in [-0.3, -0.25) is 4.40 Å². The standard InChI is InChI=1S/C14H22N4S/c1-3-11-4-5-17(9-11)13-12(8-10(2)15)18-6-7-19-14(18)16-13/h6-7,10-11H,3-5,8-9,15H2,1-2H3. The first kappa shape index (κ1) is 12.9. The number of thiazole rings is 1. The van der Waals surface area contributed by atoms with Crippen LogP contribution in [0.15, 0.2) is 11.6 Å². The maximum Gasteiger partial charge on any atom is 0.195 e. The van der Waals surface area contributed by atoms with Gasteiger partial charge in [-0.25, -0.2) is 4.98 Å². The molecule has 2 N–H and O–H groups in total. The van der Waals surface area contributed by atoms with Crippen LogP contribution >= 0.6 is 11.3 Å². The number of anilines is 1. The summed E-state index contributed by atoms with van der Waals surface area (Å²) in [5.41, 5.74) is 7.29. The normalized spacial score (nSPS) is 21.4. The molecule has 5 heteroatoms. The second kappa shape index (κ2) is 5.13. The number of aromatic nitrogens is 2. The van der Waals surface area contributed by atoms with Crippen LogP contribution in [0.3, 0.4) is 0 Å². The molecule has 104 valence electrons. The summed E-state index contributed by atoms with van der Waals surface area (Å²) in [5.74, 6) is 1.99. The van der Waals surface area contributed by atoms with Gasteiger partial charge in [-0.1, -0.05) is 13.3 Å². The molecule has 0 bridgehead atoms. The van der Waals surface area contributed by atoms with E-state index in [0.29, 0.717) is 0 Å². The molecule has 2 aromatic heterocycles. The third-order valence-electron chi connectivity index (χ3n) is 4.02. The summed E-state index contributed by atoms with van der Waals surface area (Å²) in [5, 5.41) is 2.09. The van der Waals surface area contributed by atoms with Crippen LogP contribution in [-0.4, -0.2) is 28.5 Å². The second-order valence-corrected chi connectivity index (χ2v) is 6.50. The zero-order valence-corrected chi connectivity index (χ0v) is 12.5. The average Bonchev–Trinajstić information content (AvgIpc) is 3.04. The first-order valence-corrected chi connectivity index (χ1v) is 8.02. The van der Waals surface area contributed by atoms with Crippen molar-refractivity contribution in [2.24, 2.45) is 11.7 Å². The molecule has 3 rings (SSSR count). The monoisotopic (exact) mass is 278 g/mol. The Morgan fingerprint density at radius 1 is 1.58 bits per heavy atom.